The van der Waals surface area contributed by atoms with Gasteiger partial charge in [0.25, 0.3) is 5.69 Å². The normalized spacial score (nSPS) is 11.9. The van der Waals surface area contributed by atoms with Crippen LogP contribution in [0, 0.1) is 17.0 Å². The van der Waals surface area contributed by atoms with Crippen LogP contribution in [0.4, 0.5) is 5.69 Å². The van der Waals surface area contributed by atoms with E-state index in [1.807, 2.05) is 0 Å². The minimum absolute atomic E-state index is 0.0264. The van der Waals surface area contributed by atoms with E-state index in [2.05, 4.69) is 0 Å². The third-order valence-corrected chi connectivity index (χ3v) is 2.81. The Morgan fingerprint density at radius 2 is 2.22 bits per heavy atom. The molecule has 1 aromatic rings. The van der Waals surface area contributed by atoms with Gasteiger partial charge in [-0.25, -0.2) is 0 Å². The van der Waals surface area contributed by atoms with E-state index < -0.39 is 16.3 Å². The van der Waals surface area contributed by atoms with Gasteiger partial charge in [-0.1, -0.05) is 6.07 Å². The highest BCUT2D eigenvalue weighted by molar-refractivity contribution is 6.30. The van der Waals surface area contributed by atoms with E-state index >= 15 is 0 Å². The standard InChI is InChI=1S/C12H14ClNO4/c1-3-18-12(15)11(13)7-9-4-5-10(14(16)17)6-8(9)2/h4-6,11H,3,7H2,1-2H3. The number of benzene rings is 1. The van der Waals surface area contributed by atoms with Crippen LogP contribution < -0.4 is 0 Å². The summed E-state index contributed by atoms with van der Waals surface area (Å²) in [6.07, 6.45) is 0.296. The first-order valence-electron chi connectivity index (χ1n) is 5.50. The van der Waals surface area contributed by atoms with Crippen LogP contribution in [0.1, 0.15) is 18.1 Å². The molecule has 0 aliphatic heterocycles. The van der Waals surface area contributed by atoms with Gasteiger partial charge >= 0.3 is 5.97 Å². The Hall–Kier alpha value is -1.62. The molecule has 0 bridgehead atoms. The molecule has 0 aliphatic carbocycles. The maximum Gasteiger partial charge on any atom is 0.324 e. The van der Waals surface area contributed by atoms with Crippen molar-refractivity contribution in [2.45, 2.75) is 25.6 Å². The molecule has 5 nitrogen and oxygen atoms in total. The number of carbonyl (C=O) groups is 1. The maximum absolute atomic E-state index is 11.4. The van der Waals surface area contributed by atoms with E-state index in [1.165, 1.54) is 12.1 Å². The highest BCUT2D eigenvalue weighted by Gasteiger charge is 2.18. The SMILES string of the molecule is CCOC(=O)C(Cl)Cc1ccc([N+](=O)[O-])cc1C. The number of nitrogens with zero attached hydrogens (tertiary/aromatic N) is 1. The van der Waals surface area contributed by atoms with Crippen molar-refractivity contribution in [3.63, 3.8) is 0 Å². The lowest BCUT2D eigenvalue weighted by Crippen LogP contribution is -2.20. The topological polar surface area (TPSA) is 69.4 Å². The molecule has 1 unspecified atom stereocenters. The zero-order valence-corrected chi connectivity index (χ0v) is 10.9. The lowest BCUT2D eigenvalue weighted by molar-refractivity contribution is -0.384. The Balaban J connectivity index is 2.79. The fourth-order valence-corrected chi connectivity index (χ4v) is 1.76. The van der Waals surface area contributed by atoms with Gasteiger partial charge in [0.05, 0.1) is 11.5 Å². The quantitative estimate of drug-likeness (QED) is 0.357. The van der Waals surface area contributed by atoms with Crippen molar-refractivity contribution in [3.8, 4) is 0 Å². The fourth-order valence-electron chi connectivity index (χ4n) is 1.53. The third-order valence-electron chi connectivity index (χ3n) is 2.48. The van der Waals surface area contributed by atoms with Gasteiger partial charge in [0, 0.05) is 12.1 Å². The van der Waals surface area contributed by atoms with Crippen molar-refractivity contribution in [3.05, 3.63) is 39.4 Å². The molecule has 0 aromatic heterocycles. The Bertz CT molecular complexity index is 461. The number of hydrogen-bond acceptors (Lipinski definition) is 4. The first kappa shape index (κ1) is 14.4. The maximum atomic E-state index is 11.4. The number of carbonyl (C=O) groups excluding carboxylic acids is 1. The summed E-state index contributed by atoms with van der Waals surface area (Å²) in [5, 5.41) is 9.81. The second kappa shape index (κ2) is 6.35. The van der Waals surface area contributed by atoms with E-state index in [0.717, 1.165) is 11.1 Å². The first-order chi connectivity index (χ1) is 8.45. The number of hydrogen-bond donors (Lipinski definition) is 0. The molecular weight excluding hydrogens is 258 g/mol. The largest absolute Gasteiger partial charge is 0.465 e. The number of halogens is 1. The van der Waals surface area contributed by atoms with E-state index in [4.69, 9.17) is 16.3 Å². The van der Waals surface area contributed by atoms with Crippen LogP contribution in [0.15, 0.2) is 18.2 Å². The molecule has 1 rings (SSSR count). The molecule has 0 amide bonds. The molecule has 18 heavy (non-hydrogen) atoms. The summed E-state index contributed by atoms with van der Waals surface area (Å²) < 4.78 is 4.80. The molecule has 0 N–H and O–H groups in total. The lowest BCUT2D eigenvalue weighted by Gasteiger charge is -2.10. The predicted octanol–water partition coefficient (Wildman–Crippen LogP) is 2.62. The molecule has 98 valence electrons. The van der Waals surface area contributed by atoms with Crippen LogP contribution >= 0.6 is 11.6 Å². The summed E-state index contributed by atoms with van der Waals surface area (Å²) >= 11 is 5.91. The van der Waals surface area contributed by atoms with Gasteiger partial charge in [0.15, 0.2) is 0 Å². The highest BCUT2D eigenvalue weighted by atomic mass is 35.5. The molecule has 0 radical (unpaired) electrons. The van der Waals surface area contributed by atoms with Crippen LogP contribution in [-0.2, 0) is 16.0 Å². The fraction of sp³-hybridized carbons (Fsp3) is 0.417. The summed E-state index contributed by atoms with van der Waals surface area (Å²) in [4.78, 5) is 21.5. The zero-order valence-electron chi connectivity index (χ0n) is 10.2. The summed E-state index contributed by atoms with van der Waals surface area (Å²) in [5.74, 6) is -0.475. The van der Waals surface area contributed by atoms with E-state index in [-0.39, 0.29) is 12.3 Å². The Labute approximate surface area is 110 Å². The summed E-state index contributed by atoms with van der Waals surface area (Å²) in [6, 6.07) is 4.48. The molecule has 6 heteroatoms. The Kier molecular flexibility index (Phi) is 5.09. The van der Waals surface area contributed by atoms with Crippen molar-refractivity contribution in [1.82, 2.24) is 0 Å². The van der Waals surface area contributed by atoms with Gasteiger partial charge in [-0.2, -0.15) is 0 Å². The van der Waals surface area contributed by atoms with E-state index in [9.17, 15) is 14.9 Å². The molecule has 0 saturated heterocycles. The van der Waals surface area contributed by atoms with E-state index in [1.54, 1.807) is 19.9 Å². The number of ether oxygens (including phenoxy) is 1. The number of alkyl halides is 1. The van der Waals surface area contributed by atoms with Gasteiger partial charge in [0.1, 0.15) is 5.38 Å². The molecule has 0 aliphatic rings. The molecule has 0 heterocycles. The smallest absolute Gasteiger partial charge is 0.324 e. The van der Waals surface area contributed by atoms with Crippen molar-refractivity contribution >= 4 is 23.3 Å². The molecule has 0 saturated carbocycles. The van der Waals surface area contributed by atoms with Crippen LogP contribution in [0.5, 0.6) is 0 Å². The Morgan fingerprint density at radius 3 is 2.72 bits per heavy atom. The van der Waals surface area contributed by atoms with Crippen molar-refractivity contribution in [2.24, 2.45) is 0 Å². The van der Waals surface area contributed by atoms with Gasteiger partial charge < -0.3 is 4.74 Å². The minimum Gasteiger partial charge on any atom is -0.465 e. The van der Waals surface area contributed by atoms with Crippen molar-refractivity contribution in [1.29, 1.82) is 0 Å². The number of esters is 1. The summed E-state index contributed by atoms with van der Waals surface area (Å²) in [7, 11) is 0. The predicted molar refractivity (Wildman–Crippen MR) is 67.8 cm³/mol. The van der Waals surface area contributed by atoms with Gasteiger partial charge in [-0.05, 0) is 31.4 Å². The molecule has 0 spiro atoms. The monoisotopic (exact) mass is 271 g/mol. The number of nitro benzene ring substituents is 1. The zero-order chi connectivity index (χ0) is 13.7. The second-order valence-electron chi connectivity index (χ2n) is 3.79. The molecule has 0 fully saturated rings. The molecule has 1 aromatic carbocycles. The van der Waals surface area contributed by atoms with Crippen LogP contribution in [0.2, 0.25) is 0 Å². The highest BCUT2D eigenvalue weighted by Crippen LogP contribution is 2.20. The minimum atomic E-state index is -0.773. The second-order valence-corrected chi connectivity index (χ2v) is 4.32. The van der Waals surface area contributed by atoms with Crippen molar-refractivity contribution in [2.75, 3.05) is 6.61 Å². The van der Waals surface area contributed by atoms with E-state index in [0.29, 0.717) is 6.42 Å². The number of aryl methyl sites for hydroxylation is 1. The molecular formula is C12H14ClNO4. The average molecular weight is 272 g/mol. The van der Waals surface area contributed by atoms with Crippen molar-refractivity contribution < 1.29 is 14.5 Å². The number of nitro groups is 1. The van der Waals surface area contributed by atoms with Crippen LogP contribution in [-0.4, -0.2) is 22.9 Å². The number of rotatable bonds is 5. The first-order valence-corrected chi connectivity index (χ1v) is 5.94. The Morgan fingerprint density at radius 1 is 1.56 bits per heavy atom. The number of non-ortho nitro benzene ring substituents is 1. The summed E-state index contributed by atoms with van der Waals surface area (Å²) in [6.45, 7) is 3.73. The van der Waals surface area contributed by atoms with Crippen LogP contribution in [0.3, 0.4) is 0 Å². The van der Waals surface area contributed by atoms with Gasteiger partial charge in [0.2, 0.25) is 0 Å². The lowest BCUT2D eigenvalue weighted by atomic mass is 10.0. The van der Waals surface area contributed by atoms with Gasteiger partial charge in [-0.15, -0.1) is 11.6 Å². The van der Waals surface area contributed by atoms with Gasteiger partial charge in [-0.3, -0.25) is 14.9 Å². The molecule has 1 atom stereocenters. The third kappa shape index (κ3) is 3.70. The van der Waals surface area contributed by atoms with Crippen LogP contribution in [0.25, 0.3) is 0 Å². The summed E-state index contributed by atoms with van der Waals surface area (Å²) in [5.41, 5.74) is 1.56. The average Bonchev–Trinajstić information content (AvgIpc) is 2.31.